The zero-order valence-electron chi connectivity index (χ0n) is 10.5. The second kappa shape index (κ2) is 6.01. The van der Waals surface area contributed by atoms with Crippen LogP contribution >= 0.6 is 0 Å². The summed E-state index contributed by atoms with van der Waals surface area (Å²) in [6, 6.07) is 17.8. The summed E-state index contributed by atoms with van der Waals surface area (Å²) in [5, 5.41) is 2.87. The second-order valence-electron chi connectivity index (χ2n) is 4.20. The number of amides is 1. The van der Waals surface area contributed by atoms with Crippen molar-refractivity contribution in [1.29, 1.82) is 0 Å². The normalized spacial score (nSPS) is 10.1. The summed E-state index contributed by atoms with van der Waals surface area (Å²) in [4.78, 5) is 11.7. The van der Waals surface area contributed by atoms with Gasteiger partial charge in [-0.1, -0.05) is 49.4 Å². The fraction of sp³-hybridized carbons (Fsp3) is 0.188. The number of nitrogens with one attached hydrogen (secondary N) is 1. The molecule has 0 unspecified atom stereocenters. The first-order valence-corrected chi connectivity index (χ1v) is 6.25. The molecule has 0 aliphatic heterocycles. The summed E-state index contributed by atoms with van der Waals surface area (Å²) in [6.07, 6.45) is 0.952. The molecule has 1 amide bonds. The second-order valence-corrected chi connectivity index (χ2v) is 4.20. The number of benzene rings is 2. The fourth-order valence-corrected chi connectivity index (χ4v) is 1.79. The van der Waals surface area contributed by atoms with E-state index in [1.807, 2.05) is 49.4 Å². The highest BCUT2D eigenvalue weighted by Gasteiger charge is 2.04. The van der Waals surface area contributed by atoms with Crippen LogP contribution in [0.5, 0.6) is 0 Å². The molecular formula is C16H17NO. The Balaban J connectivity index is 2.13. The van der Waals surface area contributed by atoms with Crippen molar-refractivity contribution in [2.45, 2.75) is 13.3 Å². The van der Waals surface area contributed by atoms with Crippen LogP contribution in [-0.4, -0.2) is 12.5 Å². The first kappa shape index (κ1) is 12.4. The molecule has 2 aromatic carbocycles. The summed E-state index contributed by atoms with van der Waals surface area (Å²) in [5.74, 6) is -0.00328. The third-order valence-electron chi connectivity index (χ3n) is 2.79. The summed E-state index contributed by atoms with van der Waals surface area (Å²) in [5.41, 5.74) is 3.00. The number of hydrogen-bond acceptors (Lipinski definition) is 1. The highest BCUT2D eigenvalue weighted by molar-refractivity contribution is 5.94. The van der Waals surface area contributed by atoms with E-state index in [0.717, 1.165) is 24.1 Å². The molecule has 2 rings (SSSR count). The van der Waals surface area contributed by atoms with E-state index in [2.05, 4.69) is 17.4 Å². The van der Waals surface area contributed by atoms with Crippen LogP contribution in [0.1, 0.15) is 23.7 Å². The Bertz CT molecular complexity index is 502. The van der Waals surface area contributed by atoms with Crippen LogP contribution in [0.15, 0.2) is 54.6 Å². The molecule has 0 heterocycles. The third kappa shape index (κ3) is 2.98. The minimum atomic E-state index is -0.00328. The fourth-order valence-electron chi connectivity index (χ4n) is 1.79. The maximum absolute atomic E-state index is 11.7. The Morgan fingerprint density at radius 2 is 1.56 bits per heavy atom. The Hall–Kier alpha value is -2.09. The molecule has 0 atom stereocenters. The highest BCUT2D eigenvalue weighted by Crippen LogP contribution is 2.19. The van der Waals surface area contributed by atoms with Gasteiger partial charge in [0, 0.05) is 12.1 Å². The molecule has 2 nitrogen and oxygen atoms in total. The SMILES string of the molecule is CCCNC(=O)c1ccc(-c2ccccc2)cc1. The van der Waals surface area contributed by atoms with Gasteiger partial charge in [0.2, 0.25) is 0 Å². The molecular weight excluding hydrogens is 222 g/mol. The van der Waals surface area contributed by atoms with Crippen molar-refractivity contribution in [1.82, 2.24) is 5.32 Å². The smallest absolute Gasteiger partial charge is 0.251 e. The standard InChI is InChI=1S/C16H17NO/c1-2-12-17-16(18)15-10-8-14(9-11-15)13-6-4-3-5-7-13/h3-11H,2,12H2,1H3,(H,17,18). The number of rotatable bonds is 4. The number of hydrogen-bond donors (Lipinski definition) is 1. The van der Waals surface area contributed by atoms with Gasteiger partial charge in [-0.15, -0.1) is 0 Å². The first-order valence-electron chi connectivity index (χ1n) is 6.25. The Labute approximate surface area is 108 Å². The van der Waals surface area contributed by atoms with Crippen molar-refractivity contribution in [2.75, 3.05) is 6.54 Å². The Morgan fingerprint density at radius 3 is 2.17 bits per heavy atom. The molecule has 0 aliphatic carbocycles. The largest absolute Gasteiger partial charge is 0.352 e. The van der Waals surface area contributed by atoms with E-state index in [-0.39, 0.29) is 5.91 Å². The average Bonchev–Trinajstić information content (AvgIpc) is 2.46. The Kier molecular flexibility index (Phi) is 4.13. The summed E-state index contributed by atoms with van der Waals surface area (Å²) < 4.78 is 0. The van der Waals surface area contributed by atoms with Crippen molar-refractivity contribution in [3.05, 3.63) is 60.2 Å². The molecule has 92 valence electrons. The lowest BCUT2D eigenvalue weighted by atomic mass is 10.0. The molecule has 18 heavy (non-hydrogen) atoms. The molecule has 2 heteroatoms. The lowest BCUT2D eigenvalue weighted by molar-refractivity contribution is 0.0953. The predicted molar refractivity (Wildman–Crippen MR) is 74.5 cm³/mol. The van der Waals surface area contributed by atoms with Gasteiger partial charge >= 0.3 is 0 Å². The lowest BCUT2D eigenvalue weighted by Gasteiger charge is -2.05. The predicted octanol–water partition coefficient (Wildman–Crippen LogP) is 3.49. The summed E-state index contributed by atoms with van der Waals surface area (Å²) >= 11 is 0. The molecule has 0 aromatic heterocycles. The van der Waals surface area contributed by atoms with Crippen LogP contribution in [0.2, 0.25) is 0 Å². The maximum atomic E-state index is 11.7. The van der Waals surface area contributed by atoms with Crippen molar-refractivity contribution < 1.29 is 4.79 Å². The third-order valence-corrected chi connectivity index (χ3v) is 2.79. The molecule has 0 saturated heterocycles. The molecule has 0 aliphatic rings. The van der Waals surface area contributed by atoms with Crippen LogP contribution < -0.4 is 5.32 Å². The number of carbonyl (C=O) groups excluding carboxylic acids is 1. The van der Waals surface area contributed by atoms with Gasteiger partial charge in [0.05, 0.1) is 0 Å². The zero-order valence-corrected chi connectivity index (χ0v) is 10.5. The molecule has 2 aromatic rings. The van der Waals surface area contributed by atoms with Gasteiger partial charge in [-0.2, -0.15) is 0 Å². The van der Waals surface area contributed by atoms with Crippen LogP contribution in [0.25, 0.3) is 11.1 Å². The summed E-state index contributed by atoms with van der Waals surface area (Å²) in [6.45, 7) is 2.76. The van der Waals surface area contributed by atoms with E-state index >= 15 is 0 Å². The minimum Gasteiger partial charge on any atom is -0.352 e. The molecule has 0 fully saturated rings. The molecule has 1 N–H and O–H groups in total. The van der Waals surface area contributed by atoms with Gasteiger partial charge in [0.1, 0.15) is 0 Å². The average molecular weight is 239 g/mol. The molecule has 0 spiro atoms. The van der Waals surface area contributed by atoms with Gasteiger partial charge in [-0.25, -0.2) is 0 Å². The van der Waals surface area contributed by atoms with Gasteiger partial charge in [-0.05, 0) is 29.7 Å². The van der Waals surface area contributed by atoms with Gasteiger partial charge in [-0.3, -0.25) is 4.79 Å². The zero-order chi connectivity index (χ0) is 12.8. The lowest BCUT2D eigenvalue weighted by Crippen LogP contribution is -2.23. The quantitative estimate of drug-likeness (QED) is 0.869. The minimum absolute atomic E-state index is 0.00328. The molecule has 0 saturated carbocycles. The van der Waals surface area contributed by atoms with Crippen LogP contribution in [0, 0.1) is 0 Å². The molecule has 0 radical (unpaired) electrons. The monoisotopic (exact) mass is 239 g/mol. The topological polar surface area (TPSA) is 29.1 Å². The van der Waals surface area contributed by atoms with Crippen LogP contribution in [-0.2, 0) is 0 Å². The van der Waals surface area contributed by atoms with E-state index in [4.69, 9.17) is 0 Å². The first-order chi connectivity index (χ1) is 8.81. The van der Waals surface area contributed by atoms with Crippen molar-refractivity contribution in [3.63, 3.8) is 0 Å². The van der Waals surface area contributed by atoms with E-state index in [1.165, 1.54) is 0 Å². The van der Waals surface area contributed by atoms with Crippen LogP contribution in [0.4, 0.5) is 0 Å². The van der Waals surface area contributed by atoms with Crippen LogP contribution in [0.3, 0.4) is 0 Å². The summed E-state index contributed by atoms with van der Waals surface area (Å²) in [7, 11) is 0. The molecule has 0 bridgehead atoms. The van der Waals surface area contributed by atoms with Crippen molar-refractivity contribution in [2.24, 2.45) is 0 Å². The maximum Gasteiger partial charge on any atom is 0.251 e. The number of carbonyl (C=O) groups is 1. The Morgan fingerprint density at radius 1 is 0.944 bits per heavy atom. The van der Waals surface area contributed by atoms with E-state index in [0.29, 0.717) is 5.56 Å². The van der Waals surface area contributed by atoms with Crippen molar-refractivity contribution in [3.8, 4) is 11.1 Å². The van der Waals surface area contributed by atoms with Gasteiger partial charge in [0.25, 0.3) is 5.91 Å². The highest BCUT2D eigenvalue weighted by atomic mass is 16.1. The van der Waals surface area contributed by atoms with Crippen molar-refractivity contribution >= 4 is 5.91 Å². The van der Waals surface area contributed by atoms with Gasteiger partial charge < -0.3 is 5.32 Å². The van der Waals surface area contributed by atoms with E-state index in [9.17, 15) is 4.79 Å². The van der Waals surface area contributed by atoms with Gasteiger partial charge in [0.15, 0.2) is 0 Å². The van der Waals surface area contributed by atoms with E-state index in [1.54, 1.807) is 0 Å². The van der Waals surface area contributed by atoms with E-state index < -0.39 is 0 Å².